The zero-order valence-electron chi connectivity index (χ0n) is 14.9. The molecule has 0 aromatic heterocycles. The van der Waals surface area contributed by atoms with Gasteiger partial charge in [-0.05, 0) is 38.1 Å². The Bertz CT molecular complexity index is 284. The van der Waals surface area contributed by atoms with E-state index < -0.39 is 0 Å². The quantitative estimate of drug-likeness (QED) is 0.709. The first kappa shape index (κ1) is 18.9. The SMILES string of the molecule is CCNC1CCC(C)(C)CC1N(CCOC)C(C)COC. The Kier molecular flexibility index (Phi) is 8.17. The van der Waals surface area contributed by atoms with Crippen LogP contribution < -0.4 is 5.32 Å². The van der Waals surface area contributed by atoms with Gasteiger partial charge in [0.05, 0.1) is 13.2 Å². The molecule has 1 N–H and O–H groups in total. The van der Waals surface area contributed by atoms with Crippen molar-refractivity contribution in [1.82, 2.24) is 10.2 Å². The first-order valence-electron chi connectivity index (χ1n) is 8.42. The molecule has 0 radical (unpaired) electrons. The first-order chi connectivity index (χ1) is 9.95. The number of hydrogen-bond donors (Lipinski definition) is 1. The van der Waals surface area contributed by atoms with Crippen molar-refractivity contribution in [3.63, 3.8) is 0 Å². The highest BCUT2D eigenvalue weighted by Gasteiger charge is 2.38. The van der Waals surface area contributed by atoms with E-state index in [2.05, 4.69) is 37.9 Å². The molecule has 1 aliphatic carbocycles. The van der Waals surface area contributed by atoms with Gasteiger partial charge < -0.3 is 14.8 Å². The average molecular weight is 300 g/mol. The van der Waals surface area contributed by atoms with Crippen LogP contribution in [-0.2, 0) is 9.47 Å². The largest absolute Gasteiger partial charge is 0.383 e. The fourth-order valence-corrected chi connectivity index (χ4v) is 3.64. The van der Waals surface area contributed by atoms with Gasteiger partial charge in [-0.15, -0.1) is 0 Å². The third kappa shape index (κ3) is 5.85. The highest BCUT2D eigenvalue weighted by molar-refractivity contribution is 4.95. The second-order valence-electron chi connectivity index (χ2n) is 7.17. The van der Waals surface area contributed by atoms with Crippen molar-refractivity contribution in [2.45, 2.75) is 65.1 Å². The molecule has 21 heavy (non-hydrogen) atoms. The monoisotopic (exact) mass is 300 g/mol. The molecule has 1 saturated carbocycles. The molecule has 126 valence electrons. The van der Waals surface area contributed by atoms with Gasteiger partial charge in [0.2, 0.25) is 0 Å². The van der Waals surface area contributed by atoms with Crippen LogP contribution in [0.4, 0.5) is 0 Å². The molecule has 3 atom stereocenters. The molecule has 0 bridgehead atoms. The fraction of sp³-hybridized carbons (Fsp3) is 1.00. The Morgan fingerprint density at radius 1 is 1.29 bits per heavy atom. The van der Waals surface area contributed by atoms with Gasteiger partial charge in [0.25, 0.3) is 0 Å². The summed E-state index contributed by atoms with van der Waals surface area (Å²) in [5.74, 6) is 0. The van der Waals surface area contributed by atoms with Gasteiger partial charge in [0.15, 0.2) is 0 Å². The van der Waals surface area contributed by atoms with Crippen LogP contribution in [0.3, 0.4) is 0 Å². The normalized spacial score (nSPS) is 27.0. The zero-order valence-corrected chi connectivity index (χ0v) is 14.9. The number of rotatable bonds is 9. The number of nitrogens with one attached hydrogen (secondary N) is 1. The predicted octanol–water partition coefficient (Wildman–Crippen LogP) is 2.53. The van der Waals surface area contributed by atoms with Crippen LogP contribution in [0.1, 0.15) is 47.0 Å². The smallest absolute Gasteiger partial charge is 0.0615 e. The standard InChI is InChI=1S/C17H36N2O2/c1-7-18-15-8-9-17(3,4)12-16(15)19(10-11-20-5)14(2)13-21-6/h14-16,18H,7-13H2,1-6H3. The lowest BCUT2D eigenvalue weighted by Gasteiger charge is -2.48. The lowest BCUT2D eigenvalue weighted by atomic mass is 9.72. The second kappa shape index (κ2) is 9.09. The predicted molar refractivity (Wildman–Crippen MR) is 88.8 cm³/mol. The van der Waals surface area contributed by atoms with E-state index in [0.717, 1.165) is 26.3 Å². The van der Waals surface area contributed by atoms with Crippen molar-refractivity contribution in [2.75, 3.05) is 40.5 Å². The van der Waals surface area contributed by atoms with Crippen LogP contribution in [0.2, 0.25) is 0 Å². The van der Waals surface area contributed by atoms with E-state index in [0.29, 0.717) is 23.5 Å². The molecular formula is C17H36N2O2. The van der Waals surface area contributed by atoms with Crippen LogP contribution in [0.15, 0.2) is 0 Å². The minimum Gasteiger partial charge on any atom is -0.383 e. The van der Waals surface area contributed by atoms with Gasteiger partial charge in [-0.2, -0.15) is 0 Å². The van der Waals surface area contributed by atoms with Crippen molar-refractivity contribution < 1.29 is 9.47 Å². The van der Waals surface area contributed by atoms with E-state index in [1.165, 1.54) is 19.3 Å². The van der Waals surface area contributed by atoms with Gasteiger partial charge in [0, 0.05) is 38.9 Å². The lowest BCUT2D eigenvalue weighted by Crippen LogP contribution is -2.58. The fourth-order valence-electron chi connectivity index (χ4n) is 3.64. The zero-order chi connectivity index (χ0) is 15.9. The molecule has 0 aromatic rings. The van der Waals surface area contributed by atoms with E-state index >= 15 is 0 Å². The van der Waals surface area contributed by atoms with Gasteiger partial charge in [0.1, 0.15) is 0 Å². The summed E-state index contributed by atoms with van der Waals surface area (Å²) < 4.78 is 10.7. The minimum absolute atomic E-state index is 0.421. The molecule has 4 heteroatoms. The summed E-state index contributed by atoms with van der Waals surface area (Å²) >= 11 is 0. The van der Waals surface area contributed by atoms with Crippen LogP contribution in [0.25, 0.3) is 0 Å². The van der Waals surface area contributed by atoms with Crippen molar-refractivity contribution in [1.29, 1.82) is 0 Å². The molecule has 0 heterocycles. The van der Waals surface area contributed by atoms with Crippen molar-refractivity contribution in [3.05, 3.63) is 0 Å². The van der Waals surface area contributed by atoms with Crippen molar-refractivity contribution in [2.24, 2.45) is 5.41 Å². The maximum atomic E-state index is 5.40. The topological polar surface area (TPSA) is 33.7 Å². The van der Waals surface area contributed by atoms with E-state index in [9.17, 15) is 0 Å². The van der Waals surface area contributed by atoms with Crippen LogP contribution in [0, 0.1) is 5.41 Å². The summed E-state index contributed by atoms with van der Waals surface area (Å²) in [6.07, 6.45) is 3.80. The summed E-state index contributed by atoms with van der Waals surface area (Å²) in [5, 5.41) is 3.70. The molecule has 3 unspecified atom stereocenters. The van der Waals surface area contributed by atoms with E-state index in [4.69, 9.17) is 9.47 Å². The molecule has 1 aliphatic rings. The van der Waals surface area contributed by atoms with Gasteiger partial charge in [-0.1, -0.05) is 20.8 Å². The maximum absolute atomic E-state index is 5.40. The lowest BCUT2D eigenvalue weighted by molar-refractivity contribution is 0.000259. The number of hydrogen-bond acceptors (Lipinski definition) is 4. The van der Waals surface area contributed by atoms with E-state index in [1.807, 2.05) is 0 Å². The van der Waals surface area contributed by atoms with Gasteiger partial charge in [-0.3, -0.25) is 4.90 Å². The Balaban J connectivity index is 2.85. The first-order valence-corrected chi connectivity index (χ1v) is 8.42. The van der Waals surface area contributed by atoms with Gasteiger partial charge >= 0.3 is 0 Å². The molecule has 0 aliphatic heterocycles. The molecule has 0 saturated heterocycles. The Hall–Kier alpha value is -0.160. The summed E-state index contributed by atoms with van der Waals surface area (Å²) in [4.78, 5) is 2.60. The molecule has 4 nitrogen and oxygen atoms in total. The van der Waals surface area contributed by atoms with E-state index in [1.54, 1.807) is 14.2 Å². The summed E-state index contributed by atoms with van der Waals surface area (Å²) in [7, 11) is 3.57. The molecule has 1 rings (SSSR count). The molecular weight excluding hydrogens is 264 g/mol. The molecule has 1 fully saturated rings. The average Bonchev–Trinajstić information content (AvgIpc) is 2.42. The van der Waals surface area contributed by atoms with Crippen LogP contribution >= 0.6 is 0 Å². The number of likely N-dealkylation sites (N-methyl/N-ethyl adjacent to an activating group) is 1. The second-order valence-corrected chi connectivity index (χ2v) is 7.17. The third-order valence-electron chi connectivity index (χ3n) is 4.78. The number of nitrogens with zero attached hydrogens (tertiary/aromatic N) is 1. The van der Waals surface area contributed by atoms with Crippen molar-refractivity contribution in [3.8, 4) is 0 Å². The third-order valence-corrected chi connectivity index (χ3v) is 4.78. The highest BCUT2D eigenvalue weighted by Crippen LogP contribution is 2.38. The Labute approximate surface area is 131 Å². The summed E-state index contributed by atoms with van der Waals surface area (Å²) in [6.45, 7) is 12.8. The maximum Gasteiger partial charge on any atom is 0.0615 e. The molecule has 0 amide bonds. The summed E-state index contributed by atoms with van der Waals surface area (Å²) in [5.41, 5.74) is 0.425. The Morgan fingerprint density at radius 2 is 2.00 bits per heavy atom. The van der Waals surface area contributed by atoms with E-state index in [-0.39, 0.29) is 0 Å². The number of ether oxygens (including phenoxy) is 2. The Morgan fingerprint density at radius 3 is 2.57 bits per heavy atom. The summed E-state index contributed by atoms with van der Waals surface area (Å²) in [6, 6.07) is 1.57. The molecule has 0 aromatic carbocycles. The van der Waals surface area contributed by atoms with Crippen LogP contribution in [0.5, 0.6) is 0 Å². The van der Waals surface area contributed by atoms with Gasteiger partial charge in [-0.25, -0.2) is 0 Å². The molecule has 0 spiro atoms. The number of methoxy groups -OCH3 is 2. The highest BCUT2D eigenvalue weighted by atomic mass is 16.5. The van der Waals surface area contributed by atoms with Crippen molar-refractivity contribution >= 4 is 0 Å². The minimum atomic E-state index is 0.421. The van der Waals surface area contributed by atoms with Crippen LogP contribution in [-0.4, -0.2) is 63.5 Å².